The minimum atomic E-state index is -0.169. The van der Waals surface area contributed by atoms with E-state index in [9.17, 15) is 9.59 Å². The Kier molecular flexibility index (Phi) is 3.73. The highest BCUT2D eigenvalue weighted by atomic mass is 16.2. The molecule has 2 aromatic rings. The van der Waals surface area contributed by atoms with Crippen LogP contribution in [0.1, 0.15) is 34.1 Å². The van der Waals surface area contributed by atoms with E-state index in [1.54, 1.807) is 0 Å². The minimum Gasteiger partial charge on any atom is -0.368 e. The molecule has 1 saturated heterocycles. The number of nitrogens with zero attached hydrogens (tertiary/aromatic N) is 2. The van der Waals surface area contributed by atoms with Gasteiger partial charge in [0.25, 0.3) is 11.8 Å². The second-order valence-electron chi connectivity index (χ2n) is 6.36. The Morgan fingerprint density at radius 1 is 1.00 bits per heavy atom. The highest BCUT2D eigenvalue weighted by Gasteiger charge is 2.33. The van der Waals surface area contributed by atoms with Gasteiger partial charge in [-0.3, -0.25) is 14.5 Å². The fourth-order valence-electron chi connectivity index (χ4n) is 3.74. The highest BCUT2D eigenvalue weighted by molar-refractivity contribution is 6.26. The van der Waals surface area contributed by atoms with E-state index >= 15 is 0 Å². The van der Waals surface area contributed by atoms with Crippen molar-refractivity contribution in [3.8, 4) is 0 Å². The zero-order valence-corrected chi connectivity index (χ0v) is 13.8. The smallest absolute Gasteiger partial charge is 0.261 e. The van der Waals surface area contributed by atoms with Crippen molar-refractivity contribution in [3.05, 3.63) is 41.5 Å². The van der Waals surface area contributed by atoms with Crippen molar-refractivity contribution in [2.75, 3.05) is 37.6 Å². The van der Waals surface area contributed by atoms with Crippen molar-refractivity contribution < 1.29 is 9.59 Å². The molecule has 5 nitrogen and oxygen atoms in total. The summed E-state index contributed by atoms with van der Waals surface area (Å²) in [5.41, 5.74) is 2.40. The first-order chi connectivity index (χ1) is 11.7. The van der Waals surface area contributed by atoms with Crippen LogP contribution in [0.15, 0.2) is 30.3 Å². The molecule has 2 heterocycles. The summed E-state index contributed by atoms with van der Waals surface area (Å²) in [5, 5.41) is 5.18. The molecule has 0 saturated carbocycles. The average Bonchev–Trinajstić information content (AvgIpc) is 2.63. The van der Waals surface area contributed by atoms with Crippen LogP contribution in [-0.2, 0) is 0 Å². The van der Waals surface area contributed by atoms with E-state index in [2.05, 4.69) is 10.2 Å². The maximum absolute atomic E-state index is 12.8. The summed E-state index contributed by atoms with van der Waals surface area (Å²) in [6.07, 6.45) is 0.766. The van der Waals surface area contributed by atoms with Gasteiger partial charge in [0.15, 0.2) is 0 Å². The standard InChI is InChI=1S/C19H21N3O2/c1-2-10-22-18(23)14-5-3-4-13-16(21-11-8-20-9-12-21)7-6-15(17(13)14)19(22)24/h3-7,20H,2,8-12H2,1H3. The maximum atomic E-state index is 12.8. The second-order valence-corrected chi connectivity index (χ2v) is 6.36. The summed E-state index contributed by atoms with van der Waals surface area (Å²) < 4.78 is 0. The van der Waals surface area contributed by atoms with E-state index in [0.29, 0.717) is 17.7 Å². The number of anilines is 1. The molecule has 0 radical (unpaired) electrons. The third-order valence-electron chi connectivity index (χ3n) is 4.87. The number of hydrogen-bond acceptors (Lipinski definition) is 4. The average molecular weight is 323 g/mol. The van der Waals surface area contributed by atoms with Crippen molar-refractivity contribution >= 4 is 28.3 Å². The third kappa shape index (κ3) is 2.19. The molecule has 2 aliphatic heterocycles. The molecule has 2 aromatic carbocycles. The third-order valence-corrected chi connectivity index (χ3v) is 4.87. The molecule has 2 aliphatic rings. The van der Waals surface area contributed by atoms with Crippen molar-refractivity contribution in [2.24, 2.45) is 0 Å². The zero-order chi connectivity index (χ0) is 16.7. The molecule has 0 aromatic heterocycles. The van der Waals surface area contributed by atoms with Crippen LogP contribution in [-0.4, -0.2) is 49.4 Å². The molecular weight excluding hydrogens is 302 g/mol. The predicted molar refractivity (Wildman–Crippen MR) is 94.7 cm³/mol. The Bertz CT molecular complexity index is 802. The van der Waals surface area contributed by atoms with Crippen LogP contribution >= 0.6 is 0 Å². The Hall–Kier alpha value is -2.40. The molecule has 0 unspecified atom stereocenters. The van der Waals surface area contributed by atoms with Gasteiger partial charge >= 0.3 is 0 Å². The molecular formula is C19H21N3O2. The molecule has 0 aliphatic carbocycles. The highest BCUT2D eigenvalue weighted by Crippen LogP contribution is 2.36. The predicted octanol–water partition coefficient (Wildman–Crippen LogP) is 2.26. The van der Waals surface area contributed by atoms with Gasteiger partial charge < -0.3 is 10.2 Å². The van der Waals surface area contributed by atoms with Gasteiger partial charge in [-0.25, -0.2) is 0 Å². The van der Waals surface area contributed by atoms with Crippen molar-refractivity contribution in [1.82, 2.24) is 10.2 Å². The number of carbonyl (C=O) groups is 2. The van der Waals surface area contributed by atoms with Gasteiger partial charge in [-0.05, 0) is 24.6 Å². The van der Waals surface area contributed by atoms with E-state index in [1.807, 2.05) is 37.3 Å². The molecule has 1 N–H and O–H groups in total. The Labute approximate surface area is 141 Å². The summed E-state index contributed by atoms with van der Waals surface area (Å²) in [4.78, 5) is 29.2. The largest absolute Gasteiger partial charge is 0.368 e. The van der Waals surface area contributed by atoms with Crippen LogP contribution in [0.2, 0.25) is 0 Å². The first-order valence-electron chi connectivity index (χ1n) is 8.60. The molecule has 0 spiro atoms. The van der Waals surface area contributed by atoms with Gasteiger partial charge in [-0.1, -0.05) is 19.1 Å². The Morgan fingerprint density at radius 2 is 1.71 bits per heavy atom. The van der Waals surface area contributed by atoms with Crippen LogP contribution in [0, 0.1) is 0 Å². The number of carbonyl (C=O) groups excluding carboxylic acids is 2. The van der Waals surface area contributed by atoms with Gasteiger partial charge in [0.2, 0.25) is 0 Å². The first kappa shape index (κ1) is 15.1. The fourth-order valence-corrected chi connectivity index (χ4v) is 3.74. The molecule has 0 atom stereocenters. The SMILES string of the molecule is CCCN1C(=O)c2cccc3c(N4CCNCC4)ccc(c23)C1=O. The first-order valence-corrected chi connectivity index (χ1v) is 8.60. The van der Waals surface area contributed by atoms with Crippen LogP contribution in [0.3, 0.4) is 0 Å². The lowest BCUT2D eigenvalue weighted by molar-refractivity contribution is 0.0610. The monoisotopic (exact) mass is 323 g/mol. The summed E-state index contributed by atoms with van der Waals surface area (Å²) in [7, 11) is 0. The number of nitrogens with one attached hydrogen (secondary N) is 1. The van der Waals surface area contributed by atoms with Gasteiger partial charge in [0, 0.05) is 60.3 Å². The number of imide groups is 1. The number of benzene rings is 2. The van der Waals surface area contributed by atoms with E-state index < -0.39 is 0 Å². The number of amides is 2. The van der Waals surface area contributed by atoms with Crippen LogP contribution in [0.25, 0.3) is 10.8 Å². The topological polar surface area (TPSA) is 52.7 Å². The summed E-state index contributed by atoms with van der Waals surface area (Å²) in [6, 6.07) is 9.71. The van der Waals surface area contributed by atoms with Crippen LogP contribution < -0.4 is 10.2 Å². The number of hydrogen-bond donors (Lipinski definition) is 1. The molecule has 4 rings (SSSR count). The quantitative estimate of drug-likeness (QED) is 0.880. The van der Waals surface area contributed by atoms with E-state index in [1.165, 1.54) is 4.90 Å². The lowest BCUT2D eigenvalue weighted by Crippen LogP contribution is -2.44. The minimum absolute atomic E-state index is 0.169. The Morgan fingerprint density at radius 3 is 2.42 bits per heavy atom. The van der Waals surface area contributed by atoms with E-state index in [-0.39, 0.29) is 11.8 Å². The number of piperazine rings is 1. The normalized spacial score (nSPS) is 17.7. The van der Waals surface area contributed by atoms with Crippen molar-refractivity contribution in [2.45, 2.75) is 13.3 Å². The summed E-state index contributed by atoms with van der Waals surface area (Å²) in [5.74, 6) is -0.338. The maximum Gasteiger partial charge on any atom is 0.261 e. The number of rotatable bonds is 3. The van der Waals surface area contributed by atoms with Gasteiger partial charge in [-0.2, -0.15) is 0 Å². The lowest BCUT2D eigenvalue weighted by atomic mass is 9.92. The Balaban J connectivity index is 1.90. The summed E-state index contributed by atoms with van der Waals surface area (Å²) >= 11 is 0. The van der Waals surface area contributed by atoms with Gasteiger partial charge in [0.05, 0.1) is 0 Å². The summed E-state index contributed by atoms with van der Waals surface area (Å²) in [6.45, 7) is 6.21. The second kappa shape index (κ2) is 5.91. The van der Waals surface area contributed by atoms with Crippen molar-refractivity contribution in [1.29, 1.82) is 0 Å². The zero-order valence-electron chi connectivity index (χ0n) is 13.8. The van der Waals surface area contributed by atoms with Crippen molar-refractivity contribution in [3.63, 3.8) is 0 Å². The molecule has 0 bridgehead atoms. The van der Waals surface area contributed by atoms with E-state index in [0.717, 1.165) is 49.1 Å². The molecule has 2 amide bonds. The van der Waals surface area contributed by atoms with Crippen LogP contribution in [0.4, 0.5) is 5.69 Å². The molecule has 5 heteroatoms. The van der Waals surface area contributed by atoms with E-state index in [4.69, 9.17) is 0 Å². The molecule has 124 valence electrons. The molecule has 1 fully saturated rings. The van der Waals surface area contributed by atoms with Crippen LogP contribution in [0.5, 0.6) is 0 Å². The van der Waals surface area contributed by atoms with Gasteiger partial charge in [-0.15, -0.1) is 0 Å². The van der Waals surface area contributed by atoms with Gasteiger partial charge in [0.1, 0.15) is 0 Å². The fraction of sp³-hybridized carbons (Fsp3) is 0.368. The lowest BCUT2D eigenvalue weighted by Gasteiger charge is -2.32. The molecule has 24 heavy (non-hydrogen) atoms.